The number of hydrogen-bond acceptors (Lipinski definition) is 5. The zero-order valence-electron chi connectivity index (χ0n) is 13.4. The molecule has 0 atom stereocenters. The topological polar surface area (TPSA) is 91.1 Å². The van der Waals surface area contributed by atoms with Crippen molar-refractivity contribution in [1.82, 2.24) is 0 Å². The number of azo groups is 1. The molecule has 6 heteroatoms. The van der Waals surface area contributed by atoms with Crippen LogP contribution >= 0.6 is 0 Å². The van der Waals surface area contributed by atoms with Gasteiger partial charge >= 0.3 is 0 Å². The zero-order chi connectivity index (χ0) is 17.5. The number of amides is 1. The van der Waals surface area contributed by atoms with Crippen LogP contribution in [0.25, 0.3) is 0 Å². The SMILES string of the molecule is CC(=O)C(N=Nc1cccc(C(=O)Nc2ccccc2)c1)=C(C)O. The Balaban J connectivity index is 2.18. The fourth-order valence-electron chi connectivity index (χ4n) is 1.94. The number of nitrogens with one attached hydrogen (secondary N) is 1. The molecule has 2 rings (SSSR count). The molecule has 24 heavy (non-hydrogen) atoms. The van der Waals surface area contributed by atoms with Crippen molar-refractivity contribution in [3.63, 3.8) is 0 Å². The highest BCUT2D eigenvalue weighted by atomic mass is 16.3. The van der Waals surface area contributed by atoms with Crippen molar-refractivity contribution >= 4 is 23.1 Å². The number of aliphatic hydroxyl groups is 1. The van der Waals surface area contributed by atoms with Crippen molar-refractivity contribution in [2.45, 2.75) is 13.8 Å². The molecule has 2 N–H and O–H groups in total. The number of aliphatic hydroxyl groups excluding tert-OH is 1. The second-order valence-corrected chi connectivity index (χ2v) is 5.06. The van der Waals surface area contributed by atoms with Crippen molar-refractivity contribution in [2.75, 3.05) is 5.32 Å². The van der Waals surface area contributed by atoms with E-state index >= 15 is 0 Å². The molecule has 0 aromatic heterocycles. The molecule has 0 spiro atoms. The highest BCUT2D eigenvalue weighted by Crippen LogP contribution is 2.18. The van der Waals surface area contributed by atoms with E-state index in [2.05, 4.69) is 15.5 Å². The first kappa shape index (κ1) is 17.1. The largest absolute Gasteiger partial charge is 0.510 e. The monoisotopic (exact) mass is 323 g/mol. The number of ketones is 1. The molecule has 2 aromatic carbocycles. The molecule has 0 aliphatic rings. The lowest BCUT2D eigenvalue weighted by atomic mass is 10.2. The van der Waals surface area contributed by atoms with Gasteiger partial charge in [0, 0.05) is 18.2 Å². The summed E-state index contributed by atoms with van der Waals surface area (Å²) in [6.07, 6.45) is 0. The standard InChI is InChI=1S/C18H17N3O3/c1-12(22)17(13(2)23)21-20-16-10-6-7-14(11-16)18(24)19-15-8-4-3-5-9-15/h3-11,22H,1-2H3,(H,19,24). The number of Topliss-reactive ketones (excluding diaryl/α,β-unsaturated/α-hetero) is 1. The van der Waals surface area contributed by atoms with Crippen LogP contribution in [0.4, 0.5) is 11.4 Å². The van der Waals surface area contributed by atoms with Crippen LogP contribution in [0, 0.1) is 0 Å². The first-order valence-corrected chi connectivity index (χ1v) is 7.26. The molecule has 0 aliphatic carbocycles. The third kappa shape index (κ3) is 4.61. The Morgan fingerprint density at radius 2 is 1.71 bits per heavy atom. The lowest BCUT2D eigenvalue weighted by molar-refractivity contribution is -0.113. The van der Waals surface area contributed by atoms with E-state index in [4.69, 9.17) is 0 Å². The molecule has 0 saturated carbocycles. The van der Waals surface area contributed by atoms with Crippen LogP contribution in [-0.2, 0) is 4.79 Å². The first-order chi connectivity index (χ1) is 11.5. The smallest absolute Gasteiger partial charge is 0.255 e. The van der Waals surface area contributed by atoms with Gasteiger partial charge in [-0.05, 0) is 37.3 Å². The van der Waals surface area contributed by atoms with Gasteiger partial charge < -0.3 is 10.4 Å². The van der Waals surface area contributed by atoms with Crippen LogP contribution in [0.1, 0.15) is 24.2 Å². The lowest BCUT2D eigenvalue weighted by Crippen LogP contribution is -2.11. The minimum atomic E-state index is -0.392. The van der Waals surface area contributed by atoms with E-state index < -0.39 is 5.78 Å². The highest BCUT2D eigenvalue weighted by Gasteiger charge is 2.08. The summed E-state index contributed by atoms with van der Waals surface area (Å²) < 4.78 is 0. The summed E-state index contributed by atoms with van der Waals surface area (Å²) in [5.41, 5.74) is 1.38. The Hall–Kier alpha value is -3.28. The summed E-state index contributed by atoms with van der Waals surface area (Å²) in [5.74, 6) is -0.875. The molecule has 0 radical (unpaired) electrons. The maximum Gasteiger partial charge on any atom is 0.255 e. The molecular formula is C18H17N3O3. The summed E-state index contributed by atoms with van der Waals surface area (Å²) >= 11 is 0. The first-order valence-electron chi connectivity index (χ1n) is 7.26. The van der Waals surface area contributed by atoms with Crippen LogP contribution in [-0.4, -0.2) is 16.8 Å². The average Bonchev–Trinajstić information content (AvgIpc) is 2.55. The number of para-hydroxylation sites is 1. The Morgan fingerprint density at radius 1 is 1.00 bits per heavy atom. The van der Waals surface area contributed by atoms with Crippen molar-refractivity contribution in [3.05, 3.63) is 71.6 Å². The van der Waals surface area contributed by atoms with Crippen molar-refractivity contribution in [3.8, 4) is 0 Å². The minimum Gasteiger partial charge on any atom is -0.510 e. The summed E-state index contributed by atoms with van der Waals surface area (Å²) in [6, 6.07) is 15.6. The lowest BCUT2D eigenvalue weighted by Gasteiger charge is -2.05. The van der Waals surface area contributed by atoms with E-state index in [1.54, 1.807) is 36.4 Å². The summed E-state index contributed by atoms with van der Waals surface area (Å²) in [4.78, 5) is 23.6. The van der Waals surface area contributed by atoms with Crippen molar-refractivity contribution in [2.24, 2.45) is 10.2 Å². The van der Waals surface area contributed by atoms with Gasteiger partial charge in [0.2, 0.25) is 0 Å². The highest BCUT2D eigenvalue weighted by molar-refractivity contribution is 6.04. The van der Waals surface area contributed by atoms with E-state index in [9.17, 15) is 14.7 Å². The molecule has 0 heterocycles. The number of anilines is 1. The molecule has 0 fully saturated rings. The van der Waals surface area contributed by atoms with E-state index in [-0.39, 0.29) is 17.4 Å². The molecule has 0 aliphatic heterocycles. The average molecular weight is 323 g/mol. The summed E-state index contributed by atoms with van der Waals surface area (Å²) in [5, 5.41) is 19.8. The fraction of sp³-hybridized carbons (Fsp3) is 0.111. The number of benzene rings is 2. The van der Waals surface area contributed by atoms with Crippen LogP contribution in [0.2, 0.25) is 0 Å². The van der Waals surface area contributed by atoms with E-state index in [0.29, 0.717) is 16.9 Å². The maximum atomic E-state index is 12.2. The number of allylic oxidation sites excluding steroid dienone is 2. The normalized spacial score (nSPS) is 11.9. The van der Waals surface area contributed by atoms with E-state index in [0.717, 1.165) is 0 Å². The second kappa shape index (κ2) is 7.82. The molecule has 6 nitrogen and oxygen atoms in total. The molecule has 122 valence electrons. The van der Waals surface area contributed by atoms with Gasteiger partial charge in [0.1, 0.15) is 5.76 Å². The van der Waals surface area contributed by atoms with Crippen molar-refractivity contribution in [1.29, 1.82) is 0 Å². The predicted octanol–water partition coefficient (Wildman–Crippen LogP) is 4.40. The molecule has 0 unspecified atom stereocenters. The summed E-state index contributed by atoms with van der Waals surface area (Å²) in [6.45, 7) is 2.65. The quantitative estimate of drug-likeness (QED) is 0.485. The van der Waals surface area contributed by atoms with E-state index in [1.807, 2.05) is 18.2 Å². The summed E-state index contributed by atoms with van der Waals surface area (Å²) in [7, 11) is 0. The molecular weight excluding hydrogens is 306 g/mol. The van der Waals surface area contributed by atoms with Crippen LogP contribution in [0.5, 0.6) is 0 Å². The second-order valence-electron chi connectivity index (χ2n) is 5.06. The third-order valence-corrected chi connectivity index (χ3v) is 3.08. The van der Waals surface area contributed by atoms with Gasteiger partial charge in [-0.25, -0.2) is 0 Å². The maximum absolute atomic E-state index is 12.2. The number of nitrogens with zero attached hydrogens (tertiary/aromatic N) is 2. The number of carbonyl (C=O) groups is 2. The van der Waals surface area contributed by atoms with Gasteiger partial charge in [0.05, 0.1) is 5.69 Å². The van der Waals surface area contributed by atoms with Gasteiger partial charge in [0.25, 0.3) is 5.91 Å². The van der Waals surface area contributed by atoms with Crippen LogP contribution in [0.3, 0.4) is 0 Å². The number of hydrogen-bond donors (Lipinski definition) is 2. The minimum absolute atomic E-state index is 0.117. The number of rotatable bonds is 5. The van der Waals surface area contributed by atoms with Gasteiger partial charge in [-0.1, -0.05) is 24.3 Å². The van der Waals surface area contributed by atoms with Gasteiger partial charge in [-0.3, -0.25) is 9.59 Å². The third-order valence-electron chi connectivity index (χ3n) is 3.08. The van der Waals surface area contributed by atoms with Gasteiger partial charge in [-0.2, -0.15) is 5.11 Å². The molecule has 2 aromatic rings. The molecule has 0 saturated heterocycles. The van der Waals surface area contributed by atoms with Gasteiger partial charge in [0.15, 0.2) is 11.5 Å². The Bertz CT molecular complexity index is 807. The molecule has 0 bridgehead atoms. The Labute approximate surface area is 139 Å². The predicted molar refractivity (Wildman–Crippen MR) is 91.4 cm³/mol. The Kier molecular flexibility index (Phi) is 5.57. The fourth-order valence-corrected chi connectivity index (χ4v) is 1.94. The van der Waals surface area contributed by atoms with Gasteiger partial charge in [-0.15, -0.1) is 5.11 Å². The Morgan fingerprint density at radius 3 is 2.33 bits per heavy atom. The van der Waals surface area contributed by atoms with E-state index in [1.165, 1.54) is 13.8 Å². The van der Waals surface area contributed by atoms with Crippen LogP contribution < -0.4 is 5.32 Å². The van der Waals surface area contributed by atoms with Crippen LogP contribution in [0.15, 0.2) is 76.3 Å². The van der Waals surface area contributed by atoms with Crippen molar-refractivity contribution < 1.29 is 14.7 Å². The zero-order valence-corrected chi connectivity index (χ0v) is 13.4. The molecule has 1 amide bonds. The number of carbonyl (C=O) groups excluding carboxylic acids is 2.